The molecule has 0 saturated carbocycles. The average Bonchev–Trinajstić information content (AvgIpc) is 3.11. The Balaban J connectivity index is 0.00000312. The Kier molecular flexibility index (Phi) is 10.2. The van der Waals surface area contributed by atoms with Crippen LogP contribution in [0.4, 0.5) is 0 Å². The summed E-state index contributed by atoms with van der Waals surface area (Å²) in [4.78, 5) is 7.89. The number of likely N-dealkylation sites (N-methyl/N-ethyl adjacent to an activating group) is 1. The minimum Gasteiger partial charge on any atom is -0.497 e. The molecule has 1 aromatic heterocycles. The Morgan fingerprint density at radius 1 is 1.32 bits per heavy atom. The fourth-order valence-electron chi connectivity index (χ4n) is 2.39. The van der Waals surface area contributed by atoms with E-state index in [9.17, 15) is 0 Å². The normalized spacial score (nSPS) is 11.0. The number of thiophene rings is 1. The minimum absolute atomic E-state index is 0. The van der Waals surface area contributed by atoms with Crippen LogP contribution in [0, 0.1) is 0 Å². The lowest BCUT2D eigenvalue weighted by Gasteiger charge is -2.22. The Hall–Kier alpha value is -0.990. The van der Waals surface area contributed by atoms with Crippen LogP contribution < -0.4 is 10.1 Å². The molecule has 0 unspecified atom stereocenters. The Morgan fingerprint density at radius 3 is 2.72 bits per heavy atom. The summed E-state index contributed by atoms with van der Waals surface area (Å²) in [7, 11) is 5.51. The monoisotopic (exact) mass is 493 g/mol. The zero-order valence-corrected chi connectivity index (χ0v) is 18.7. The van der Waals surface area contributed by atoms with Crippen LogP contribution in [0.25, 0.3) is 0 Å². The van der Waals surface area contributed by atoms with Crippen molar-refractivity contribution in [3.63, 3.8) is 0 Å². The lowest BCUT2D eigenvalue weighted by molar-refractivity contribution is 0.414. The Bertz CT molecular complexity index is 664. The number of halogens is 2. The average molecular weight is 494 g/mol. The van der Waals surface area contributed by atoms with Gasteiger partial charge < -0.3 is 15.0 Å². The summed E-state index contributed by atoms with van der Waals surface area (Å²) in [5.41, 5.74) is 1.10. The lowest BCUT2D eigenvalue weighted by Crippen LogP contribution is -2.40. The van der Waals surface area contributed by atoms with Crippen LogP contribution in [-0.2, 0) is 12.8 Å². The molecular weight excluding hydrogens is 469 g/mol. The van der Waals surface area contributed by atoms with Gasteiger partial charge in [0.1, 0.15) is 5.75 Å². The fraction of sp³-hybridized carbons (Fsp3) is 0.389. The van der Waals surface area contributed by atoms with E-state index in [1.165, 1.54) is 4.88 Å². The van der Waals surface area contributed by atoms with Crippen molar-refractivity contribution in [1.82, 2.24) is 10.2 Å². The van der Waals surface area contributed by atoms with Gasteiger partial charge in [-0.05, 0) is 42.0 Å². The molecule has 0 aliphatic carbocycles. The van der Waals surface area contributed by atoms with Gasteiger partial charge >= 0.3 is 0 Å². The smallest absolute Gasteiger partial charge is 0.193 e. The lowest BCUT2D eigenvalue weighted by atomic mass is 10.1. The first-order chi connectivity index (χ1) is 11.6. The van der Waals surface area contributed by atoms with Gasteiger partial charge in [-0.2, -0.15) is 0 Å². The van der Waals surface area contributed by atoms with Crippen molar-refractivity contribution in [3.05, 3.63) is 51.2 Å². The summed E-state index contributed by atoms with van der Waals surface area (Å²) in [6, 6.07) is 10.0. The summed E-state index contributed by atoms with van der Waals surface area (Å²) in [5, 5.41) is 6.24. The summed E-state index contributed by atoms with van der Waals surface area (Å²) in [6.07, 6.45) is 1.86. The van der Waals surface area contributed by atoms with E-state index in [0.29, 0.717) is 0 Å². The molecule has 138 valence electrons. The number of hydrogen-bond donors (Lipinski definition) is 1. The van der Waals surface area contributed by atoms with Crippen molar-refractivity contribution in [2.45, 2.75) is 12.8 Å². The molecule has 0 atom stereocenters. The van der Waals surface area contributed by atoms with E-state index < -0.39 is 0 Å². The van der Waals surface area contributed by atoms with Crippen molar-refractivity contribution in [2.75, 3.05) is 34.3 Å². The molecule has 1 heterocycles. The summed E-state index contributed by atoms with van der Waals surface area (Å²) < 4.78 is 5.17. The second-order valence-electron chi connectivity index (χ2n) is 5.43. The number of nitrogens with one attached hydrogen (secondary N) is 1. The van der Waals surface area contributed by atoms with Gasteiger partial charge in [-0.25, -0.2) is 0 Å². The SMILES string of the molecule is CN=C(NCCc1ccc(OC)cc1Cl)N(C)CCc1cccs1.I. The van der Waals surface area contributed by atoms with Gasteiger partial charge in [0, 0.05) is 37.1 Å². The number of guanidine groups is 1. The maximum atomic E-state index is 6.28. The first kappa shape index (κ1) is 22.1. The van der Waals surface area contributed by atoms with Gasteiger partial charge in [0.2, 0.25) is 0 Å². The van der Waals surface area contributed by atoms with Crippen molar-refractivity contribution in [2.24, 2.45) is 4.99 Å². The largest absolute Gasteiger partial charge is 0.497 e. The second-order valence-corrected chi connectivity index (χ2v) is 6.87. The van der Waals surface area contributed by atoms with Gasteiger partial charge in [-0.15, -0.1) is 35.3 Å². The number of methoxy groups -OCH3 is 1. The van der Waals surface area contributed by atoms with E-state index in [-0.39, 0.29) is 24.0 Å². The van der Waals surface area contributed by atoms with Gasteiger partial charge in [0.05, 0.1) is 7.11 Å². The van der Waals surface area contributed by atoms with Crippen LogP contribution in [0.15, 0.2) is 40.7 Å². The molecule has 1 N–H and O–H groups in total. The molecule has 7 heteroatoms. The number of benzene rings is 1. The molecular formula is C18H25ClIN3OS. The summed E-state index contributed by atoms with van der Waals surface area (Å²) in [5.74, 6) is 1.68. The van der Waals surface area contributed by atoms with Gasteiger partial charge in [-0.3, -0.25) is 4.99 Å². The fourth-order valence-corrected chi connectivity index (χ4v) is 3.35. The van der Waals surface area contributed by atoms with Crippen molar-refractivity contribution < 1.29 is 4.74 Å². The third kappa shape index (κ3) is 7.03. The van der Waals surface area contributed by atoms with Crippen molar-refractivity contribution >= 4 is 52.9 Å². The van der Waals surface area contributed by atoms with E-state index in [1.807, 2.05) is 25.2 Å². The number of ether oxygens (including phenoxy) is 1. The minimum atomic E-state index is 0. The van der Waals surface area contributed by atoms with E-state index in [0.717, 1.165) is 48.2 Å². The maximum absolute atomic E-state index is 6.28. The molecule has 25 heavy (non-hydrogen) atoms. The highest BCUT2D eigenvalue weighted by Crippen LogP contribution is 2.22. The molecule has 0 spiro atoms. The van der Waals surface area contributed by atoms with Gasteiger partial charge in [0.25, 0.3) is 0 Å². The van der Waals surface area contributed by atoms with E-state index in [2.05, 4.69) is 39.8 Å². The topological polar surface area (TPSA) is 36.9 Å². The standard InChI is InChI=1S/C18H24ClN3OS.HI/c1-20-18(22(2)11-9-16-5-4-12-24-16)21-10-8-14-6-7-15(23-3)13-17(14)19;/h4-7,12-13H,8-11H2,1-3H3,(H,20,21);1H. The van der Waals surface area contributed by atoms with Crippen LogP contribution in [0.1, 0.15) is 10.4 Å². The highest BCUT2D eigenvalue weighted by atomic mass is 127. The third-order valence-electron chi connectivity index (χ3n) is 3.78. The van der Waals surface area contributed by atoms with Crippen LogP contribution in [0.3, 0.4) is 0 Å². The molecule has 0 radical (unpaired) electrons. The Labute approximate surface area is 176 Å². The molecule has 0 fully saturated rings. The quantitative estimate of drug-likeness (QED) is 0.355. The number of rotatable bonds is 7. The molecule has 0 saturated heterocycles. The third-order valence-corrected chi connectivity index (χ3v) is 5.07. The first-order valence-corrected chi connectivity index (χ1v) is 9.16. The number of nitrogens with zero attached hydrogens (tertiary/aromatic N) is 2. The zero-order valence-electron chi connectivity index (χ0n) is 14.8. The zero-order chi connectivity index (χ0) is 17.4. The second kappa shape index (κ2) is 11.6. The van der Waals surface area contributed by atoms with E-state index in [1.54, 1.807) is 18.4 Å². The highest BCUT2D eigenvalue weighted by molar-refractivity contribution is 14.0. The Morgan fingerprint density at radius 2 is 2.12 bits per heavy atom. The maximum Gasteiger partial charge on any atom is 0.193 e. The number of hydrogen-bond acceptors (Lipinski definition) is 3. The van der Waals surface area contributed by atoms with E-state index >= 15 is 0 Å². The predicted molar refractivity (Wildman–Crippen MR) is 119 cm³/mol. The first-order valence-electron chi connectivity index (χ1n) is 7.90. The molecule has 0 amide bonds. The molecule has 0 aliphatic heterocycles. The van der Waals surface area contributed by atoms with Gasteiger partial charge in [0.15, 0.2) is 5.96 Å². The molecule has 0 aliphatic rings. The highest BCUT2D eigenvalue weighted by Gasteiger charge is 2.07. The van der Waals surface area contributed by atoms with Crippen LogP contribution in [-0.4, -0.2) is 45.2 Å². The summed E-state index contributed by atoms with van der Waals surface area (Å²) in [6.45, 7) is 1.71. The summed E-state index contributed by atoms with van der Waals surface area (Å²) >= 11 is 8.07. The van der Waals surface area contributed by atoms with Gasteiger partial charge in [-0.1, -0.05) is 23.7 Å². The molecule has 2 rings (SSSR count). The molecule has 2 aromatic rings. The van der Waals surface area contributed by atoms with Crippen molar-refractivity contribution in [1.29, 1.82) is 0 Å². The number of aliphatic imine (C=N–C) groups is 1. The van der Waals surface area contributed by atoms with Crippen LogP contribution in [0.5, 0.6) is 5.75 Å². The molecule has 4 nitrogen and oxygen atoms in total. The molecule has 0 bridgehead atoms. The van der Waals surface area contributed by atoms with Crippen molar-refractivity contribution in [3.8, 4) is 5.75 Å². The van der Waals surface area contributed by atoms with Crippen LogP contribution >= 0.6 is 46.9 Å². The predicted octanol–water partition coefficient (Wildman–Crippen LogP) is 4.32. The molecule has 1 aromatic carbocycles. The van der Waals surface area contributed by atoms with Crippen LogP contribution in [0.2, 0.25) is 5.02 Å². The van der Waals surface area contributed by atoms with E-state index in [4.69, 9.17) is 16.3 Å².